The van der Waals surface area contributed by atoms with E-state index in [2.05, 4.69) is 15.3 Å². The van der Waals surface area contributed by atoms with Gasteiger partial charge in [-0.25, -0.2) is 14.8 Å². The second-order valence-corrected chi connectivity index (χ2v) is 7.46. The maximum atomic E-state index is 12.2. The Labute approximate surface area is 153 Å². The Kier molecular flexibility index (Phi) is 5.15. The largest absolute Gasteiger partial charge is 0.478 e. The zero-order chi connectivity index (χ0) is 18.7. The van der Waals surface area contributed by atoms with Gasteiger partial charge < -0.3 is 19.7 Å². The standard InChI is InChI=1S/C19H26N4O3/c1-19(2,3)26-18(24)23-11-9-13(10-12-23)20-16-17(25-4)22-15-8-6-5-7-14(15)21-16/h5-8,13H,9-12H2,1-4H3,(H,20,21). The van der Waals surface area contributed by atoms with E-state index in [1.165, 1.54) is 0 Å². The molecular formula is C19H26N4O3. The molecule has 7 nitrogen and oxygen atoms in total. The van der Waals surface area contributed by atoms with Crippen molar-refractivity contribution in [3.63, 3.8) is 0 Å². The van der Waals surface area contributed by atoms with Crippen molar-refractivity contribution >= 4 is 22.9 Å². The summed E-state index contributed by atoms with van der Waals surface area (Å²) in [6.45, 7) is 6.93. The van der Waals surface area contributed by atoms with E-state index in [0.717, 1.165) is 23.9 Å². The Morgan fingerprint density at radius 1 is 1.15 bits per heavy atom. The number of nitrogens with one attached hydrogen (secondary N) is 1. The number of fused-ring (bicyclic) bond motifs is 1. The minimum absolute atomic E-state index is 0.207. The molecule has 7 heteroatoms. The summed E-state index contributed by atoms with van der Waals surface area (Å²) in [5.74, 6) is 1.13. The number of aromatic nitrogens is 2. The number of piperidine rings is 1. The first-order valence-corrected chi connectivity index (χ1v) is 8.91. The molecule has 2 aromatic rings. The monoisotopic (exact) mass is 358 g/mol. The Balaban J connectivity index is 1.64. The number of carbonyl (C=O) groups excluding carboxylic acids is 1. The molecule has 1 N–H and O–H groups in total. The summed E-state index contributed by atoms with van der Waals surface area (Å²) in [6.07, 6.45) is 1.38. The Morgan fingerprint density at radius 2 is 1.77 bits per heavy atom. The van der Waals surface area contributed by atoms with Crippen molar-refractivity contribution < 1.29 is 14.3 Å². The minimum Gasteiger partial charge on any atom is -0.478 e. The number of hydrogen-bond acceptors (Lipinski definition) is 6. The molecule has 140 valence electrons. The van der Waals surface area contributed by atoms with Gasteiger partial charge in [0, 0.05) is 19.1 Å². The number of ether oxygens (including phenoxy) is 2. The number of para-hydroxylation sites is 2. The molecule has 0 aliphatic carbocycles. The molecule has 1 aromatic carbocycles. The fourth-order valence-corrected chi connectivity index (χ4v) is 2.95. The predicted octanol–water partition coefficient (Wildman–Crippen LogP) is 3.45. The number of amides is 1. The Bertz CT molecular complexity index is 780. The van der Waals surface area contributed by atoms with Gasteiger partial charge in [0.15, 0.2) is 5.82 Å². The molecule has 26 heavy (non-hydrogen) atoms. The van der Waals surface area contributed by atoms with Gasteiger partial charge in [-0.05, 0) is 45.7 Å². The number of carbonyl (C=O) groups is 1. The first kappa shape index (κ1) is 18.2. The van der Waals surface area contributed by atoms with Gasteiger partial charge in [-0.15, -0.1) is 0 Å². The van der Waals surface area contributed by atoms with Gasteiger partial charge in [0.05, 0.1) is 18.1 Å². The lowest BCUT2D eigenvalue weighted by atomic mass is 10.1. The van der Waals surface area contributed by atoms with E-state index >= 15 is 0 Å². The number of likely N-dealkylation sites (tertiary alicyclic amines) is 1. The Hall–Kier alpha value is -2.57. The van der Waals surface area contributed by atoms with Crippen molar-refractivity contribution in [3.8, 4) is 5.88 Å². The Morgan fingerprint density at radius 3 is 2.35 bits per heavy atom. The number of hydrogen-bond donors (Lipinski definition) is 1. The summed E-state index contributed by atoms with van der Waals surface area (Å²) in [6, 6.07) is 7.91. The van der Waals surface area contributed by atoms with Gasteiger partial charge >= 0.3 is 6.09 Å². The van der Waals surface area contributed by atoms with E-state index in [-0.39, 0.29) is 12.1 Å². The molecule has 0 bridgehead atoms. The van der Waals surface area contributed by atoms with Crippen LogP contribution in [0.15, 0.2) is 24.3 Å². The number of rotatable bonds is 3. The molecule has 0 radical (unpaired) electrons. The van der Waals surface area contributed by atoms with Crippen LogP contribution in [0.4, 0.5) is 10.6 Å². The lowest BCUT2D eigenvalue weighted by Gasteiger charge is -2.34. The zero-order valence-corrected chi connectivity index (χ0v) is 15.8. The van der Waals surface area contributed by atoms with E-state index < -0.39 is 5.60 Å². The smallest absolute Gasteiger partial charge is 0.410 e. The molecule has 0 saturated carbocycles. The van der Waals surface area contributed by atoms with Gasteiger partial charge in [-0.2, -0.15) is 0 Å². The lowest BCUT2D eigenvalue weighted by Crippen LogP contribution is -2.44. The predicted molar refractivity (Wildman–Crippen MR) is 101 cm³/mol. The highest BCUT2D eigenvalue weighted by atomic mass is 16.6. The van der Waals surface area contributed by atoms with E-state index in [0.29, 0.717) is 24.8 Å². The average Bonchev–Trinajstić information content (AvgIpc) is 2.60. The first-order chi connectivity index (χ1) is 12.4. The molecule has 1 amide bonds. The van der Waals surface area contributed by atoms with Crippen molar-refractivity contribution in [2.24, 2.45) is 0 Å². The second-order valence-electron chi connectivity index (χ2n) is 7.46. The first-order valence-electron chi connectivity index (χ1n) is 8.91. The van der Waals surface area contributed by atoms with Gasteiger partial charge in [-0.3, -0.25) is 0 Å². The van der Waals surface area contributed by atoms with Crippen LogP contribution < -0.4 is 10.1 Å². The molecule has 1 aromatic heterocycles. The van der Waals surface area contributed by atoms with Crippen molar-refractivity contribution in [3.05, 3.63) is 24.3 Å². The van der Waals surface area contributed by atoms with Crippen LogP contribution >= 0.6 is 0 Å². The van der Waals surface area contributed by atoms with Crippen molar-refractivity contribution in [1.82, 2.24) is 14.9 Å². The number of methoxy groups -OCH3 is 1. The fraction of sp³-hybridized carbons (Fsp3) is 0.526. The molecule has 1 aliphatic heterocycles. The summed E-state index contributed by atoms with van der Waals surface area (Å²) in [5.41, 5.74) is 1.15. The summed E-state index contributed by atoms with van der Waals surface area (Å²) in [7, 11) is 1.59. The molecule has 3 rings (SSSR count). The van der Waals surface area contributed by atoms with E-state index in [1.807, 2.05) is 45.0 Å². The second kappa shape index (κ2) is 7.35. The molecule has 1 saturated heterocycles. The quantitative estimate of drug-likeness (QED) is 0.906. The lowest BCUT2D eigenvalue weighted by molar-refractivity contribution is 0.0210. The van der Waals surface area contributed by atoms with E-state index in [1.54, 1.807) is 12.0 Å². The number of anilines is 1. The maximum Gasteiger partial charge on any atom is 0.410 e. The summed E-state index contributed by atoms with van der Waals surface area (Å²) >= 11 is 0. The van der Waals surface area contributed by atoms with E-state index in [4.69, 9.17) is 9.47 Å². The summed E-state index contributed by atoms with van der Waals surface area (Å²) in [5, 5.41) is 3.42. The summed E-state index contributed by atoms with van der Waals surface area (Å²) < 4.78 is 10.8. The van der Waals surface area contributed by atoms with Gasteiger partial charge in [-0.1, -0.05) is 12.1 Å². The van der Waals surface area contributed by atoms with Crippen LogP contribution in [0.5, 0.6) is 5.88 Å². The van der Waals surface area contributed by atoms with Crippen LogP contribution in [0.1, 0.15) is 33.6 Å². The SMILES string of the molecule is COc1nc2ccccc2nc1NC1CCN(C(=O)OC(C)(C)C)CC1. The summed E-state index contributed by atoms with van der Waals surface area (Å²) in [4.78, 5) is 23.1. The van der Waals surface area contributed by atoms with Crippen LogP contribution in [0, 0.1) is 0 Å². The molecule has 0 atom stereocenters. The van der Waals surface area contributed by atoms with Crippen LogP contribution in [-0.4, -0.2) is 52.8 Å². The fourth-order valence-electron chi connectivity index (χ4n) is 2.95. The van der Waals surface area contributed by atoms with Crippen LogP contribution in [0.2, 0.25) is 0 Å². The highest BCUT2D eigenvalue weighted by Crippen LogP contribution is 2.26. The molecule has 0 unspecified atom stereocenters. The van der Waals surface area contributed by atoms with Gasteiger partial charge in [0.25, 0.3) is 5.88 Å². The number of nitrogens with zero attached hydrogens (tertiary/aromatic N) is 3. The number of benzene rings is 1. The van der Waals surface area contributed by atoms with Gasteiger partial charge in [0.1, 0.15) is 5.60 Å². The van der Waals surface area contributed by atoms with Crippen molar-refractivity contribution in [1.29, 1.82) is 0 Å². The van der Waals surface area contributed by atoms with E-state index in [9.17, 15) is 4.79 Å². The molecule has 1 aliphatic rings. The highest BCUT2D eigenvalue weighted by molar-refractivity contribution is 5.77. The van der Waals surface area contributed by atoms with Crippen molar-refractivity contribution in [2.45, 2.75) is 45.3 Å². The topological polar surface area (TPSA) is 76.6 Å². The molecular weight excluding hydrogens is 332 g/mol. The molecule has 2 heterocycles. The van der Waals surface area contributed by atoms with Gasteiger partial charge in [0.2, 0.25) is 0 Å². The third-order valence-corrected chi connectivity index (χ3v) is 4.22. The van der Waals surface area contributed by atoms with Crippen molar-refractivity contribution in [2.75, 3.05) is 25.5 Å². The van der Waals surface area contributed by atoms with Crippen LogP contribution in [0.25, 0.3) is 11.0 Å². The molecule has 1 fully saturated rings. The zero-order valence-electron chi connectivity index (χ0n) is 15.8. The normalized spacial score (nSPS) is 15.8. The highest BCUT2D eigenvalue weighted by Gasteiger charge is 2.27. The minimum atomic E-state index is -0.472. The average molecular weight is 358 g/mol. The maximum absolute atomic E-state index is 12.2. The third kappa shape index (κ3) is 4.33. The molecule has 0 spiro atoms. The van der Waals surface area contributed by atoms with Crippen LogP contribution in [0.3, 0.4) is 0 Å². The van der Waals surface area contributed by atoms with Crippen LogP contribution in [-0.2, 0) is 4.74 Å². The third-order valence-electron chi connectivity index (χ3n) is 4.22.